The molecule has 0 bridgehead atoms. The van der Waals surface area contributed by atoms with Crippen molar-refractivity contribution in [3.8, 4) is 5.75 Å². The monoisotopic (exact) mass is 250 g/mol. The number of aryl methyl sites for hydroxylation is 2. The molecular weight excluding hydrogens is 224 g/mol. The van der Waals surface area contributed by atoms with Gasteiger partial charge < -0.3 is 15.4 Å². The Labute approximate surface area is 111 Å². The smallest absolute Gasteiger partial charge is 0.122 e. The fraction of sp³-hybridized carbons (Fsp3) is 0.600. The molecular formula is C15H26N2O. The van der Waals surface area contributed by atoms with E-state index < -0.39 is 0 Å². The minimum Gasteiger partial charge on any atom is -0.496 e. The molecule has 102 valence electrons. The van der Waals surface area contributed by atoms with Crippen LogP contribution in [0, 0.1) is 19.3 Å². The Morgan fingerprint density at radius 1 is 1.22 bits per heavy atom. The molecule has 2 N–H and O–H groups in total. The molecule has 0 aliphatic rings. The highest BCUT2D eigenvalue weighted by Gasteiger charge is 2.19. The van der Waals surface area contributed by atoms with Crippen LogP contribution in [0.15, 0.2) is 12.1 Å². The Kier molecular flexibility index (Phi) is 4.63. The van der Waals surface area contributed by atoms with Crippen LogP contribution in [-0.2, 0) is 0 Å². The van der Waals surface area contributed by atoms with Gasteiger partial charge in [0.2, 0.25) is 0 Å². The molecule has 0 heterocycles. The first-order valence-electron chi connectivity index (χ1n) is 6.37. The van der Waals surface area contributed by atoms with Crippen LogP contribution in [-0.4, -0.2) is 27.2 Å². The van der Waals surface area contributed by atoms with Crippen molar-refractivity contribution in [2.75, 3.05) is 32.1 Å². The number of methoxy groups -OCH3 is 1. The number of anilines is 1. The molecule has 0 aliphatic carbocycles. The summed E-state index contributed by atoms with van der Waals surface area (Å²) in [6.07, 6.45) is 0. The van der Waals surface area contributed by atoms with Crippen molar-refractivity contribution in [2.24, 2.45) is 11.1 Å². The van der Waals surface area contributed by atoms with Gasteiger partial charge in [-0.25, -0.2) is 0 Å². The zero-order valence-electron chi connectivity index (χ0n) is 12.5. The number of nitrogens with two attached hydrogens (primary N) is 1. The van der Waals surface area contributed by atoms with Gasteiger partial charge in [0, 0.05) is 19.3 Å². The average molecular weight is 250 g/mol. The molecule has 0 amide bonds. The summed E-state index contributed by atoms with van der Waals surface area (Å²) in [5.74, 6) is 0.947. The summed E-state index contributed by atoms with van der Waals surface area (Å²) in [5.41, 5.74) is 9.56. The number of benzene rings is 1. The molecule has 0 fully saturated rings. The highest BCUT2D eigenvalue weighted by Crippen LogP contribution is 2.29. The van der Waals surface area contributed by atoms with E-state index in [1.165, 1.54) is 11.3 Å². The molecule has 0 atom stereocenters. The second kappa shape index (κ2) is 5.61. The fourth-order valence-electron chi connectivity index (χ4n) is 2.20. The molecule has 0 spiro atoms. The van der Waals surface area contributed by atoms with Crippen molar-refractivity contribution >= 4 is 5.69 Å². The normalized spacial score (nSPS) is 11.5. The van der Waals surface area contributed by atoms with Crippen LogP contribution in [0.2, 0.25) is 0 Å². The third kappa shape index (κ3) is 3.39. The third-order valence-corrected chi connectivity index (χ3v) is 3.34. The Morgan fingerprint density at radius 3 is 2.33 bits per heavy atom. The van der Waals surface area contributed by atoms with Gasteiger partial charge in [0.1, 0.15) is 5.75 Å². The molecule has 0 aliphatic heterocycles. The summed E-state index contributed by atoms with van der Waals surface area (Å²) in [5, 5.41) is 0. The SMILES string of the molecule is COc1cc(C)c(N(C)CC(C)(C)CN)cc1C. The first-order chi connectivity index (χ1) is 8.30. The Balaban J connectivity index is 2.99. The van der Waals surface area contributed by atoms with Crippen LogP contribution >= 0.6 is 0 Å². The maximum atomic E-state index is 5.80. The van der Waals surface area contributed by atoms with E-state index in [1.54, 1.807) is 7.11 Å². The number of hydrogen-bond donors (Lipinski definition) is 1. The van der Waals surface area contributed by atoms with Gasteiger partial charge >= 0.3 is 0 Å². The highest BCUT2D eigenvalue weighted by atomic mass is 16.5. The summed E-state index contributed by atoms with van der Waals surface area (Å²) in [7, 11) is 3.83. The van der Waals surface area contributed by atoms with E-state index in [0.717, 1.165) is 17.9 Å². The predicted molar refractivity (Wildman–Crippen MR) is 78.6 cm³/mol. The zero-order valence-corrected chi connectivity index (χ0v) is 12.5. The summed E-state index contributed by atoms with van der Waals surface area (Å²) in [4.78, 5) is 2.27. The van der Waals surface area contributed by atoms with Crippen LogP contribution in [0.4, 0.5) is 5.69 Å². The van der Waals surface area contributed by atoms with Crippen molar-refractivity contribution in [1.29, 1.82) is 0 Å². The second-order valence-electron chi connectivity index (χ2n) is 5.83. The van der Waals surface area contributed by atoms with Crippen LogP contribution in [0.5, 0.6) is 5.75 Å². The fourth-order valence-corrected chi connectivity index (χ4v) is 2.20. The van der Waals surface area contributed by atoms with Gasteiger partial charge in [-0.2, -0.15) is 0 Å². The molecule has 1 rings (SSSR count). The highest BCUT2D eigenvalue weighted by molar-refractivity contribution is 5.58. The van der Waals surface area contributed by atoms with Crippen LogP contribution in [0.25, 0.3) is 0 Å². The van der Waals surface area contributed by atoms with E-state index in [4.69, 9.17) is 10.5 Å². The number of hydrogen-bond acceptors (Lipinski definition) is 3. The van der Waals surface area contributed by atoms with E-state index in [0.29, 0.717) is 6.54 Å². The standard InChI is InChI=1S/C15H26N2O/c1-11-8-14(18-6)12(2)7-13(11)17(5)10-15(3,4)9-16/h7-8H,9-10,16H2,1-6H3. The molecule has 3 nitrogen and oxygen atoms in total. The third-order valence-electron chi connectivity index (χ3n) is 3.34. The van der Waals surface area contributed by atoms with E-state index in [9.17, 15) is 0 Å². The van der Waals surface area contributed by atoms with E-state index in [1.807, 2.05) is 0 Å². The van der Waals surface area contributed by atoms with Crippen LogP contribution in [0.3, 0.4) is 0 Å². The molecule has 0 aromatic heterocycles. The predicted octanol–water partition coefficient (Wildman–Crippen LogP) is 2.73. The van der Waals surface area contributed by atoms with Gasteiger partial charge in [0.05, 0.1) is 7.11 Å². The van der Waals surface area contributed by atoms with Crippen molar-refractivity contribution in [3.05, 3.63) is 23.3 Å². The summed E-state index contributed by atoms with van der Waals surface area (Å²) >= 11 is 0. The lowest BCUT2D eigenvalue weighted by Gasteiger charge is -2.31. The van der Waals surface area contributed by atoms with Crippen molar-refractivity contribution in [3.63, 3.8) is 0 Å². The van der Waals surface area contributed by atoms with Gasteiger partial charge in [0.25, 0.3) is 0 Å². The Hall–Kier alpha value is -1.22. The molecule has 0 unspecified atom stereocenters. The average Bonchev–Trinajstić information content (AvgIpc) is 2.30. The molecule has 18 heavy (non-hydrogen) atoms. The van der Waals surface area contributed by atoms with Crippen molar-refractivity contribution in [1.82, 2.24) is 0 Å². The van der Waals surface area contributed by atoms with E-state index >= 15 is 0 Å². The lowest BCUT2D eigenvalue weighted by molar-refractivity contribution is 0.384. The maximum Gasteiger partial charge on any atom is 0.122 e. The quantitative estimate of drug-likeness (QED) is 0.873. The van der Waals surface area contributed by atoms with Gasteiger partial charge in [-0.1, -0.05) is 13.8 Å². The lowest BCUT2D eigenvalue weighted by Crippen LogP contribution is -2.37. The first-order valence-corrected chi connectivity index (χ1v) is 6.37. The number of rotatable bonds is 5. The molecule has 0 saturated carbocycles. The van der Waals surface area contributed by atoms with Gasteiger partial charge in [0.15, 0.2) is 0 Å². The lowest BCUT2D eigenvalue weighted by atomic mass is 9.93. The number of ether oxygens (including phenoxy) is 1. The Morgan fingerprint density at radius 2 is 1.83 bits per heavy atom. The first kappa shape index (κ1) is 14.8. The zero-order chi connectivity index (χ0) is 13.9. The molecule has 0 saturated heterocycles. The van der Waals surface area contributed by atoms with E-state index in [2.05, 4.69) is 51.8 Å². The van der Waals surface area contributed by atoms with Crippen molar-refractivity contribution in [2.45, 2.75) is 27.7 Å². The van der Waals surface area contributed by atoms with Gasteiger partial charge in [-0.15, -0.1) is 0 Å². The molecule has 3 heteroatoms. The topological polar surface area (TPSA) is 38.5 Å². The largest absolute Gasteiger partial charge is 0.496 e. The molecule has 1 aromatic rings. The molecule has 0 radical (unpaired) electrons. The van der Waals surface area contributed by atoms with Gasteiger partial charge in [-0.3, -0.25) is 0 Å². The summed E-state index contributed by atoms with van der Waals surface area (Å²) < 4.78 is 5.34. The summed E-state index contributed by atoms with van der Waals surface area (Å²) in [6.45, 7) is 10.2. The van der Waals surface area contributed by atoms with Crippen molar-refractivity contribution < 1.29 is 4.74 Å². The van der Waals surface area contributed by atoms with Crippen LogP contribution < -0.4 is 15.4 Å². The minimum atomic E-state index is 0.120. The minimum absolute atomic E-state index is 0.120. The number of nitrogens with zero attached hydrogens (tertiary/aromatic N) is 1. The van der Waals surface area contributed by atoms with E-state index in [-0.39, 0.29) is 5.41 Å². The van der Waals surface area contributed by atoms with Crippen LogP contribution in [0.1, 0.15) is 25.0 Å². The Bertz CT molecular complexity index is 413. The second-order valence-corrected chi connectivity index (χ2v) is 5.83. The molecule has 1 aromatic carbocycles. The van der Waals surface area contributed by atoms with Gasteiger partial charge in [-0.05, 0) is 49.1 Å². The summed E-state index contributed by atoms with van der Waals surface area (Å²) in [6, 6.07) is 4.28. The maximum absolute atomic E-state index is 5.80.